The molecular weight excluding hydrogens is 402 g/mol. The molecule has 1 aromatic heterocycles. The first-order chi connectivity index (χ1) is 14.7. The molecule has 2 N–H and O–H groups in total. The summed E-state index contributed by atoms with van der Waals surface area (Å²) in [6, 6.07) is 4.75. The Bertz CT molecular complexity index is 1100. The van der Waals surface area contributed by atoms with Crippen molar-refractivity contribution in [1.29, 1.82) is 0 Å². The van der Waals surface area contributed by atoms with Crippen molar-refractivity contribution >= 4 is 11.8 Å². The number of carbonyl (C=O) groups is 2. The van der Waals surface area contributed by atoms with E-state index in [1.54, 1.807) is 11.0 Å². The summed E-state index contributed by atoms with van der Waals surface area (Å²) >= 11 is 0. The minimum absolute atomic E-state index is 0.00478. The second kappa shape index (κ2) is 6.55. The highest BCUT2D eigenvalue weighted by Gasteiger charge is 2.68. The van der Waals surface area contributed by atoms with E-state index in [2.05, 4.69) is 10.2 Å². The highest BCUT2D eigenvalue weighted by Crippen LogP contribution is 2.68. The molecule has 0 radical (unpaired) electrons. The first-order valence-corrected chi connectivity index (χ1v) is 10.6. The Hall–Kier alpha value is -2.90. The molecule has 0 spiro atoms. The number of carbonyl (C=O) groups excluding carboxylic acids is 2. The van der Waals surface area contributed by atoms with Gasteiger partial charge in [-0.15, -0.1) is 5.10 Å². The Kier molecular flexibility index (Phi) is 4.23. The fourth-order valence-electron chi connectivity index (χ4n) is 6.21. The highest BCUT2D eigenvalue weighted by atomic mass is 19.1. The zero-order valence-electron chi connectivity index (χ0n) is 17.5. The van der Waals surface area contributed by atoms with Crippen LogP contribution in [0.15, 0.2) is 24.3 Å². The van der Waals surface area contributed by atoms with Crippen molar-refractivity contribution in [3.8, 4) is 11.3 Å². The average Bonchev–Trinajstić information content (AvgIpc) is 3.36. The average molecular weight is 426 g/mol. The molecule has 1 saturated carbocycles. The first-order valence-electron chi connectivity index (χ1n) is 10.6. The number of amides is 2. The van der Waals surface area contributed by atoms with E-state index in [1.807, 2.05) is 13.8 Å². The number of rotatable bonds is 3. The van der Waals surface area contributed by atoms with Crippen LogP contribution in [0.3, 0.4) is 0 Å². The van der Waals surface area contributed by atoms with Gasteiger partial charge in [0.2, 0.25) is 11.8 Å². The van der Waals surface area contributed by atoms with Crippen LogP contribution in [0.2, 0.25) is 0 Å². The van der Waals surface area contributed by atoms with Gasteiger partial charge in [-0.3, -0.25) is 9.59 Å². The van der Waals surface area contributed by atoms with Gasteiger partial charge in [-0.25, -0.2) is 8.78 Å². The van der Waals surface area contributed by atoms with Crippen LogP contribution in [0.1, 0.15) is 56.7 Å². The molecule has 2 fully saturated rings. The van der Waals surface area contributed by atoms with Gasteiger partial charge in [-0.1, -0.05) is 19.9 Å². The van der Waals surface area contributed by atoms with Crippen molar-refractivity contribution in [3.63, 3.8) is 0 Å². The van der Waals surface area contributed by atoms with Gasteiger partial charge < -0.3 is 10.6 Å². The maximum atomic E-state index is 14.3. The maximum Gasteiger partial charge on any atom is 0.240 e. The second-order valence-electron chi connectivity index (χ2n) is 9.41. The lowest BCUT2D eigenvalue weighted by Crippen LogP contribution is -2.55. The summed E-state index contributed by atoms with van der Waals surface area (Å²) in [6.45, 7) is 4.54. The van der Waals surface area contributed by atoms with Gasteiger partial charge >= 0.3 is 0 Å². The van der Waals surface area contributed by atoms with E-state index >= 15 is 0 Å². The number of likely N-dealkylation sites (tertiary alicyclic amines) is 1. The third-order valence-corrected chi connectivity index (χ3v) is 7.81. The zero-order chi connectivity index (χ0) is 22.1. The molecule has 3 atom stereocenters. The lowest BCUT2D eigenvalue weighted by molar-refractivity contribution is -0.145. The minimum Gasteiger partial charge on any atom is -0.368 e. The Labute approximate surface area is 178 Å². The summed E-state index contributed by atoms with van der Waals surface area (Å²) < 4.78 is 28.7. The number of fused-ring (bicyclic) bond motifs is 5. The SMILES string of the molecule is CC1(C)[C@@H]2CC[C@@]1(C(=O)N1CCC[C@H]1C(N)=O)c1nnc(-c3c(F)cccc3F)cc12. The van der Waals surface area contributed by atoms with E-state index in [9.17, 15) is 18.4 Å². The van der Waals surface area contributed by atoms with Crippen LogP contribution in [0.25, 0.3) is 11.3 Å². The molecule has 5 rings (SSSR count). The summed E-state index contributed by atoms with van der Waals surface area (Å²) in [7, 11) is 0. The van der Waals surface area contributed by atoms with Gasteiger partial charge in [0.1, 0.15) is 17.7 Å². The van der Waals surface area contributed by atoms with Crippen LogP contribution in [0.5, 0.6) is 0 Å². The molecule has 2 bridgehead atoms. The number of halogens is 2. The molecule has 3 aliphatic rings. The van der Waals surface area contributed by atoms with Crippen LogP contribution in [-0.2, 0) is 15.0 Å². The van der Waals surface area contributed by atoms with Crippen LogP contribution in [0.4, 0.5) is 8.78 Å². The number of hydrogen-bond donors (Lipinski definition) is 1. The Morgan fingerprint density at radius 3 is 2.55 bits per heavy atom. The molecule has 2 amide bonds. The molecule has 2 aromatic rings. The number of hydrogen-bond acceptors (Lipinski definition) is 4. The van der Waals surface area contributed by atoms with E-state index in [1.165, 1.54) is 18.2 Å². The van der Waals surface area contributed by atoms with E-state index in [0.29, 0.717) is 25.1 Å². The quantitative estimate of drug-likeness (QED) is 0.817. The van der Waals surface area contributed by atoms with Crippen LogP contribution < -0.4 is 5.73 Å². The molecule has 6 nitrogen and oxygen atoms in total. The van der Waals surface area contributed by atoms with Crippen molar-refractivity contribution in [1.82, 2.24) is 15.1 Å². The molecular formula is C23H24F2N4O2. The van der Waals surface area contributed by atoms with Gasteiger partial charge in [-0.2, -0.15) is 5.10 Å². The lowest BCUT2D eigenvalue weighted by atomic mass is 9.67. The van der Waals surface area contributed by atoms with Crippen LogP contribution >= 0.6 is 0 Å². The van der Waals surface area contributed by atoms with E-state index < -0.39 is 34.4 Å². The predicted octanol–water partition coefficient (Wildman–Crippen LogP) is 3.05. The van der Waals surface area contributed by atoms with Crippen LogP contribution in [-0.4, -0.2) is 39.5 Å². The summed E-state index contributed by atoms with van der Waals surface area (Å²) in [4.78, 5) is 27.5. The van der Waals surface area contributed by atoms with Crippen molar-refractivity contribution in [2.45, 2.75) is 56.9 Å². The van der Waals surface area contributed by atoms with Gasteiger partial charge in [0, 0.05) is 6.54 Å². The molecule has 0 unspecified atom stereocenters. The third kappa shape index (κ3) is 2.47. The summed E-state index contributed by atoms with van der Waals surface area (Å²) in [5.74, 6) is -2.04. The van der Waals surface area contributed by atoms with Gasteiger partial charge in [0.05, 0.1) is 22.4 Å². The molecule has 162 valence electrons. The molecule has 1 saturated heterocycles. The Morgan fingerprint density at radius 1 is 1.16 bits per heavy atom. The summed E-state index contributed by atoms with van der Waals surface area (Å²) in [6.07, 6.45) is 2.64. The monoisotopic (exact) mass is 426 g/mol. The lowest BCUT2D eigenvalue weighted by Gasteiger charge is -2.40. The van der Waals surface area contributed by atoms with Crippen molar-refractivity contribution in [3.05, 3.63) is 47.2 Å². The summed E-state index contributed by atoms with van der Waals surface area (Å²) in [5.41, 5.74) is 5.44. The molecule has 2 aliphatic carbocycles. The standard InChI is InChI=1S/C23H24F2N4O2/c1-22(2)13-8-9-23(22,21(31)29-10-4-7-17(29)20(26)30)19-12(13)11-16(27-28-19)18-14(24)5-3-6-15(18)25/h3,5-6,11,13,17H,4,7-10H2,1-2H3,(H2,26,30)/t13-,17+,23+/m1/s1. The number of benzene rings is 1. The van der Waals surface area contributed by atoms with Crippen LogP contribution in [0, 0.1) is 17.0 Å². The van der Waals surface area contributed by atoms with E-state index in [0.717, 1.165) is 18.4 Å². The topological polar surface area (TPSA) is 89.2 Å². The van der Waals surface area contributed by atoms with Crippen molar-refractivity contribution in [2.75, 3.05) is 6.54 Å². The first kappa shape index (κ1) is 20.0. The normalized spacial score (nSPS) is 28.1. The minimum atomic E-state index is -0.926. The number of nitrogens with two attached hydrogens (primary N) is 1. The molecule has 1 aromatic carbocycles. The number of primary amides is 1. The Morgan fingerprint density at radius 2 is 1.87 bits per heavy atom. The smallest absolute Gasteiger partial charge is 0.240 e. The third-order valence-electron chi connectivity index (χ3n) is 7.81. The molecule has 31 heavy (non-hydrogen) atoms. The van der Waals surface area contributed by atoms with Gasteiger partial charge in [-0.05, 0) is 60.8 Å². The molecule has 2 heterocycles. The van der Waals surface area contributed by atoms with Crippen molar-refractivity contribution < 1.29 is 18.4 Å². The fourth-order valence-corrected chi connectivity index (χ4v) is 6.21. The van der Waals surface area contributed by atoms with E-state index in [4.69, 9.17) is 5.73 Å². The maximum absolute atomic E-state index is 14.3. The molecule has 8 heteroatoms. The second-order valence-corrected chi connectivity index (χ2v) is 9.41. The highest BCUT2D eigenvalue weighted by molar-refractivity contribution is 5.95. The van der Waals surface area contributed by atoms with E-state index in [-0.39, 0.29) is 23.1 Å². The number of nitrogens with zero attached hydrogens (tertiary/aromatic N) is 3. The predicted molar refractivity (Wildman–Crippen MR) is 109 cm³/mol. The van der Waals surface area contributed by atoms with Crippen molar-refractivity contribution in [2.24, 2.45) is 11.1 Å². The number of aromatic nitrogens is 2. The van der Waals surface area contributed by atoms with Gasteiger partial charge in [0.25, 0.3) is 0 Å². The Balaban J connectivity index is 1.64. The zero-order valence-corrected chi connectivity index (χ0v) is 17.5. The van der Waals surface area contributed by atoms with Gasteiger partial charge in [0.15, 0.2) is 0 Å². The summed E-state index contributed by atoms with van der Waals surface area (Å²) in [5, 5.41) is 8.53. The fraction of sp³-hybridized carbons (Fsp3) is 0.478. The largest absolute Gasteiger partial charge is 0.368 e. The molecule has 1 aliphatic heterocycles.